The Bertz CT molecular complexity index is 336. The lowest BCUT2D eigenvalue weighted by Gasteiger charge is -2.44. The minimum absolute atomic E-state index is 0.0111. The van der Waals surface area contributed by atoms with Gasteiger partial charge in [0.25, 0.3) is 0 Å². The zero-order valence-corrected chi connectivity index (χ0v) is 12.7. The molecule has 1 aliphatic heterocycles. The third-order valence-electron chi connectivity index (χ3n) is 3.39. The molecule has 0 aromatic carbocycles. The second kappa shape index (κ2) is 6.37. The molecule has 0 radical (unpaired) electrons. The van der Waals surface area contributed by atoms with Crippen molar-refractivity contribution in [1.82, 2.24) is 10.2 Å². The first-order valence-corrected chi connectivity index (χ1v) is 6.89. The largest absolute Gasteiger partial charge is 0.385 e. The fourth-order valence-electron chi connectivity index (χ4n) is 2.50. The number of hydrogen-bond acceptors (Lipinski definition) is 3. The molecular weight excluding hydrogens is 244 g/mol. The number of hydrogen-bond donors (Lipinski definition) is 1. The van der Waals surface area contributed by atoms with E-state index in [0.29, 0.717) is 13.2 Å². The molecule has 2 amide bonds. The van der Waals surface area contributed by atoms with Crippen molar-refractivity contribution in [2.24, 2.45) is 5.41 Å². The van der Waals surface area contributed by atoms with Crippen molar-refractivity contribution >= 4 is 11.8 Å². The number of nitrogens with one attached hydrogen (secondary N) is 1. The lowest BCUT2D eigenvalue weighted by Crippen LogP contribution is -2.66. The molecule has 0 aliphatic carbocycles. The summed E-state index contributed by atoms with van der Waals surface area (Å²) in [7, 11) is 1.67. The number of piperazine rings is 1. The topological polar surface area (TPSA) is 58.6 Å². The number of methoxy groups -OCH3 is 1. The zero-order valence-electron chi connectivity index (χ0n) is 12.7. The Kier molecular flexibility index (Phi) is 5.35. The summed E-state index contributed by atoms with van der Waals surface area (Å²) in [4.78, 5) is 26.2. The van der Waals surface area contributed by atoms with Crippen LogP contribution in [-0.4, -0.2) is 49.1 Å². The van der Waals surface area contributed by atoms with Crippen LogP contribution in [0.2, 0.25) is 0 Å². The van der Waals surface area contributed by atoms with Crippen molar-refractivity contribution in [3.63, 3.8) is 0 Å². The van der Waals surface area contributed by atoms with E-state index in [-0.39, 0.29) is 17.2 Å². The summed E-state index contributed by atoms with van der Waals surface area (Å²) < 4.78 is 5.01. The minimum Gasteiger partial charge on any atom is -0.385 e. The molecule has 5 nitrogen and oxygen atoms in total. The Balaban J connectivity index is 2.78. The van der Waals surface area contributed by atoms with Crippen LogP contribution < -0.4 is 5.32 Å². The number of ether oxygens (including phenoxy) is 1. The highest BCUT2D eigenvalue weighted by Crippen LogP contribution is 2.28. The molecule has 1 aliphatic rings. The maximum Gasteiger partial charge on any atom is 0.245 e. The van der Waals surface area contributed by atoms with E-state index in [9.17, 15) is 9.59 Å². The maximum absolute atomic E-state index is 12.3. The normalized spacial score (nSPS) is 24.6. The standard InChI is InChI=1S/C14H26N2O3/c1-10-13(18)16(8-6-7-9-19-5)11(12(17)15-10)14(2,3)4/h10-11H,6-9H2,1-5H3,(H,15,17). The molecule has 0 aromatic rings. The summed E-state index contributed by atoms with van der Waals surface area (Å²) in [6.45, 7) is 9.00. The van der Waals surface area contributed by atoms with Crippen LogP contribution in [0.3, 0.4) is 0 Å². The summed E-state index contributed by atoms with van der Waals surface area (Å²) in [5, 5.41) is 2.76. The molecule has 5 heteroatoms. The van der Waals surface area contributed by atoms with Gasteiger partial charge < -0.3 is 15.0 Å². The lowest BCUT2D eigenvalue weighted by atomic mass is 9.83. The fraction of sp³-hybridized carbons (Fsp3) is 0.857. The van der Waals surface area contributed by atoms with Gasteiger partial charge in [0.15, 0.2) is 0 Å². The highest BCUT2D eigenvalue weighted by molar-refractivity contribution is 5.97. The van der Waals surface area contributed by atoms with Crippen molar-refractivity contribution < 1.29 is 14.3 Å². The second-order valence-corrected chi connectivity index (χ2v) is 6.23. The predicted octanol–water partition coefficient (Wildman–Crippen LogP) is 1.17. The van der Waals surface area contributed by atoms with Crippen LogP contribution >= 0.6 is 0 Å². The van der Waals surface area contributed by atoms with Crippen molar-refractivity contribution in [2.75, 3.05) is 20.3 Å². The predicted molar refractivity (Wildman–Crippen MR) is 73.7 cm³/mol. The maximum atomic E-state index is 12.3. The molecular formula is C14H26N2O3. The summed E-state index contributed by atoms with van der Waals surface area (Å²) >= 11 is 0. The highest BCUT2D eigenvalue weighted by atomic mass is 16.5. The van der Waals surface area contributed by atoms with Gasteiger partial charge in [0.1, 0.15) is 12.1 Å². The Hall–Kier alpha value is -1.10. The van der Waals surface area contributed by atoms with Gasteiger partial charge in [-0.25, -0.2) is 0 Å². The number of nitrogens with zero attached hydrogens (tertiary/aromatic N) is 1. The number of carbonyl (C=O) groups excluding carboxylic acids is 2. The third kappa shape index (κ3) is 3.93. The molecule has 2 unspecified atom stereocenters. The zero-order chi connectivity index (χ0) is 14.6. The monoisotopic (exact) mass is 270 g/mol. The van der Waals surface area contributed by atoms with Gasteiger partial charge in [-0.05, 0) is 25.2 Å². The molecule has 0 saturated carbocycles. The molecule has 2 atom stereocenters. The molecule has 0 aromatic heterocycles. The van der Waals surface area contributed by atoms with Crippen LogP contribution in [0.1, 0.15) is 40.5 Å². The van der Waals surface area contributed by atoms with Gasteiger partial charge in [0.2, 0.25) is 11.8 Å². The van der Waals surface area contributed by atoms with Crippen LogP contribution in [0, 0.1) is 5.41 Å². The van der Waals surface area contributed by atoms with E-state index < -0.39 is 12.1 Å². The van der Waals surface area contributed by atoms with Gasteiger partial charge in [0.05, 0.1) is 0 Å². The van der Waals surface area contributed by atoms with Crippen LogP contribution in [0.4, 0.5) is 0 Å². The van der Waals surface area contributed by atoms with Gasteiger partial charge in [-0.2, -0.15) is 0 Å². The Morgan fingerprint density at radius 3 is 2.42 bits per heavy atom. The number of carbonyl (C=O) groups is 2. The van der Waals surface area contributed by atoms with E-state index in [0.717, 1.165) is 12.8 Å². The molecule has 1 N–H and O–H groups in total. The quantitative estimate of drug-likeness (QED) is 0.763. The Morgan fingerprint density at radius 1 is 1.26 bits per heavy atom. The number of amides is 2. The molecule has 0 spiro atoms. The van der Waals surface area contributed by atoms with Crippen molar-refractivity contribution in [2.45, 2.75) is 52.6 Å². The van der Waals surface area contributed by atoms with Crippen molar-refractivity contribution in [1.29, 1.82) is 0 Å². The SMILES string of the molecule is COCCCCN1C(=O)C(C)NC(=O)C1C(C)(C)C. The average molecular weight is 270 g/mol. The van der Waals surface area contributed by atoms with E-state index in [1.54, 1.807) is 18.9 Å². The average Bonchev–Trinajstić information content (AvgIpc) is 2.28. The highest BCUT2D eigenvalue weighted by Gasteiger charge is 2.44. The van der Waals surface area contributed by atoms with Crippen LogP contribution in [0.15, 0.2) is 0 Å². The summed E-state index contributed by atoms with van der Waals surface area (Å²) in [6.07, 6.45) is 1.75. The Labute approximate surface area is 115 Å². The number of rotatable bonds is 5. The fourth-order valence-corrected chi connectivity index (χ4v) is 2.50. The van der Waals surface area contributed by atoms with Crippen LogP contribution in [0.5, 0.6) is 0 Å². The summed E-state index contributed by atoms with van der Waals surface area (Å²) in [6, 6.07) is -0.813. The van der Waals surface area contributed by atoms with E-state index >= 15 is 0 Å². The first-order valence-electron chi connectivity index (χ1n) is 6.89. The van der Waals surface area contributed by atoms with E-state index in [1.165, 1.54) is 0 Å². The molecule has 1 saturated heterocycles. The molecule has 19 heavy (non-hydrogen) atoms. The van der Waals surface area contributed by atoms with Gasteiger partial charge in [-0.1, -0.05) is 20.8 Å². The second-order valence-electron chi connectivity index (χ2n) is 6.23. The van der Waals surface area contributed by atoms with E-state index in [1.807, 2.05) is 20.8 Å². The molecule has 1 rings (SSSR count). The first kappa shape index (κ1) is 16.0. The van der Waals surface area contributed by atoms with Crippen LogP contribution in [-0.2, 0) is 14.3 Å². The molecule has 1 heterocycles. The van der Waals surface area contributed by atoms with Crippen LogP contribution in [0.25, 0.3) is 0 Å². The molecule has 110 valence electrons. The molecule has 0 bridgehead atoms. The van der Waals surface area contributed by atoms with Gasteiger partial charge in [0, 0.05) is 20.3 Å². The first-order chi connectivity index (χ1) is 8.79. The van der Waals surface area contributed by atoms with E-state index in [4.69, 9.17) is 4.74 Å². The van der Waals surface area contributed by atoms with Crippen molar-refractivity contribution in [3.8, 4) is 0 Å². The molecule has 1 fully saturated rings. The van der Waals surface area contributed by atoms with Gasteiger partial charge in [-0.15, -0.1) is 0 Å². The summed E-state index contributed by atoms with van der Waals surface area (Å²) in [5.41, 5.74) is -0.263. The Morgan fingerprint density at radius 2 is 1.89 bits per heavy atom. The summed E-state index contributed by atoms with van der Waals surface area (Å²) in [5.74, 6) is -0.0386. The van der Waals surface area contributed by atoms with Crippen molar-refractivity contribution in [3.05, 3.63) is 0 Å². The van der Waals surface area contributed by atoms with Gasteiger partial charge >= 0.3 is 0 Å². The minimum atomic E-state index is -0.423. The third-order valence-corrected chi connectivity index (χ3v) is 3.39. The smallest absolute Gasteiger partial charge is 0.245 e. The number of unbranched alkanes of at least 4 members (excludes halogenated alkanes) is 1. The van der Waals surface area contributed by atoms with Gasteiger partial charge in [-0.3, -0.25) is 9.59 Å². The van der Waals surface area contributed by atoms with E-state index in [2.05, 4.69) is 5.32 Å². The lowest BCUT2D eigenvalue weighted by molar-refractivity contribution is -0.153.